The van der Waals surface area contributed by atoms with Crippen molar-refractivity contribution < 1.29 is 15.4 Å². The lowest BCUT2D eigenvalue weighted by Gasteiger charge is -2.05. The molecule has 0 spiro atoms. The van der Waals surface area contributed by atoms with Crippen LogP contribution in [0.25, 0.3) is 21.6 Å². The van der Waals surface area contributed by atoms with Crippen LogP contribution in [0, 0.1) is 6.92 Å². The summed E-state index contributed by atoms with van der Waals surface area (Å²) >= 11 is 1.49. The SMILES string of the molecule is Cc1c(-c2cccc(O)c2)sc(C=NO)c1-c1ccc(O)cc1. The summed E-state index contributed by atoms with van der Waals surface area (Å²) in [4.78, 5) is 1.81. The number of benzene rings is 2. The minimum Gasteiger partial charge on any atom is -0.508 e. The standard InChI is InChI=1S/C18H15NO3S/c1-11-17(12-5-7-14(20)8-6-12)16(10-19-22)23-18(11)13-3-2-4-15(21)9-13/h2-10,20-22H,1H3. The van der Waals surface area contributed by atoms with Crippen molar-refractivity contribution in [2.24, 2.45) is 5.16 Å². The van der Waals surface area contributed by atoms with Gasteiger partial charge in [-0.05, 0) is 47.9 Å². The van der Waals surface area contributed by atoms with Gasteiger partial charge in [-0.2, -0.15) is 0 Å². The Hall–Kier alpha value is -2.79. The molecule has 1 aromatic heterocycles. The van der Waals surface area contributed by atoms with Crippen molar-refractivity contribution in [3.8, 4) is 33.1 Å². The van der Waals surface area contributed by atoms with E-state index in [2.05, 4.69) is 5.16 Å². The third-order valence-corrected chi connectivity index (χ3v) is 4.89. The van der Waals surface area contributed by atoms with Crippen molar-refractivity contribution in [2.75, 3.05) is 0 Å². The van der Waals surface area contributed by atoms with Crippen molar-refractivity contribution in [1.82, 2.24) is 0 Å². The van der Waals surface area contributed by atoms with Crippen LogP contribution in [0.4, 0.5) is 0 Å². The van der Waals surface area contributed by atoms with E-state index in [1.807, 2.05) is 25.1 Å². The summed E-state index contributed by atoms with van der Waals surface area (Å²) in [6, 6.07) is 14.0. The molecule has 5 heteroatoms. The van der Waals surface area contributed by atoms with E-state index in [0.29, 0.717) is 0 Å². The van der Waals surface area contributed by atoms with Crippen molar-refractivity contribution in [1.29, 1.82) is 0 Å². The average molecular weight is 325 g/mol. The Bertz CT molecular complexity index is 866. The first-order chi connectivity index (χ1) is 11.1. The Morgan fingerprint density at radius 3 is 2.35 bits per heavy atom. The Labute approximate surface area is 137 Å². The van der Waals surface area contributed by atoms with Crippen LogP contribution in [-0.2, 0) is 0 Å². The van der Waals surface area contributed by atoms with E-state index in [-0.39, 0.29) is 11.5 Å². The number of nitrogens with zero attached hydrogens (tertiary/aromatic N) is 1. The number of phenolic OH excluding ortho intramolecular Hbond substituents is 2. The number of phenols is 2. The van der Waals surface area contributed by atoms with E-state index >= 15 is 0 Å². The van der Waals surface area contributed by atoms with Gasteiger partial charge in [0, 0.05) is 10.4 Å². The van der Waals surface area contributed by atoms with Crippen molar-refractivity contribution in [3.63, 3.8) is 0 Å². The zero-order chi connectivity index (χ0) is 16.4. The number of hydrogen-bond acceptors (Lipinski definition) is 5. The summed E-state index contributed by atoms with van der Waals surface area (Å²) in [5.41, 5.74) is 3.82. The van der Waals surface area contributed by atoms with Gasteiger partial charge in [0.15, 0.2) is 0 Å². The maximum absolute atomic E-state index is 9.70. The molecule has 0 aliphatic heterocycles. The second kappa shape index (κ2) is 6.14. The van der Waals surface area contributed by atoms with Crippen molar-refractivity contribution >= 4 is 17.6 Å². The van der Waals surface area contributed by atoms with Gasteiger partial charge in [-0.25, -0.2) is 0 Å². The molecule has 2 aromatic carbocycles. The van der Waals surface area contributed by atoms with E-state index in [0.717, 1.165) is 32.0 Å². The minimum absolute atomic E-state index is 0.201. The van der Waals surface area contributed by atoms with Gasteiger partial charge in [0.2, 0.25) is 0 Å². The van der Waals surface area contributed by atoms with E-state index in [1.165, 1.54) is 17.6 Å². The summed E-state index contributed by atoms with van der Waals surface area (Å²) < 4.78 is 0. The van der Waals surface area contributed by atoms with E-state index < -0.39 is 0 Å². The molecule has 0 saturated carbocycles. The molecule has 4 nitrogen and oxygen atoms in total. The van der Waals surface area contributed by atoms with Gasteiger partial charge in [-0.3, -0.25) is 0 Å². The summed E-state index contributed by atoms with van der Waals surface area (Å²) in [5, 5.41) is 31.3. The average Bonchev–Trinajstić information content (AvgIpc) is 2.85. The highest BCUT2D eigenvalue weighted by atomic mass is 32.1. The van der Waals surface area contributed by atoms with Crippen molar-refractivity contribution in [3.05, 3.63) is 59.0 Å². The maximum Gasteiger partial charge on any atom is 0.116 e. The third-order valence-electron chi connectivity index (χ3n) is 3.61. The molecule has 0 atom stereocenters. The lowest BCUT2D eigenvalue weighted by Crippen LogP contribution is -1.85. The lowest BCUT2D eigenvalue weighted by molar-refractivity contribution is 0.322. The lowest BCUT2D eigenvalue weighted by atomic mass is 9.99. The van der Waals surface area contributed by atoms with Crippen LogP contribution in [0.3, 0.4) is 0 Å². The molecular formula is C18H15NO3S. The summed E-state index contributed by atoms with van der Waals surface area (Å²) in [6.07, 6.45) is 1.41. The first kappa shape index (κ1) is 15.1. The molecule has 0 unspecified atom stereocenters. The quantitative estimate of drug-likeness (QED) is 0.374. The van der Waals surface area contributed by atoms with Crippen LogP contribution < -0.4 is 0 Å². The van der Waals surface area contributed by atoms with E-state index in [4.69, 9.17) is 5.21 Å². The molecular weight excluding hydrogens is 310 g/mol. The molecule has 0 amide bonds. The smallest absolute Gasteiger partial charge is 0.116 e. The Morgan fingerprint density at radius 2 is 1.70 bits per heavy atom. The van der Waals surface area contributed by atoms with Gasteiger partial charge in [-0.1, -0.05) is 29.4 Å². The molecule has 3 aromatic rings. The highest BCUT2D eigenvalue weighted by Gasteiger charge is 2.17. The number of rotatable bonds is 3. The predicted molar refractivity (Wildman–Crippen MR) is 92.6 cm³/mol. The predicted octanol–water partition coefficient (Wildman–Crippen LogP) is 4.61. The first-order valence-electron chi connectivity index (χ1n) is 7.00. The second-order valence-electron chi connectivity index (χ2n) is 5.14. The molecule has 0 saturated heterocycles. The van der Waals surface area contributed by atoms with E-state index in [9.17, 15) is 10.2 Å². The Kier molecular flexibility index (Phi) is 4.04. The number of thiophene rings is 1. The highest BCUT2D eigenvalue weighted by Crippen LogP contribution is 2.42. The minimum atomic E-state index is 0.201. The maximum atomic E-state index is 9.70. The largest absolute Gasteiger partial charge is 0.508 e. The van der Waals surface area contributed by atoms with Gasteiger partial charge in [0.1, 0.15) is 11.5 Å². The molecule has 0 aliphatic carbocycles. The zero-order valence-corrected chi connectivity index (χ0v) is 13.2. The van der Waals surface area contributed by atoms with Crippen LogP contribution in [0.1, 0.15) is 10.4 Å². The summed E-state index contributed by atoms with van der Waals surface area (Å²) in [7, 11) is 0. The van der Waals surface area contributed by atoms with Gasteiger partial charge in [0.05, 0.1) is 11.1 Å². The van der Waals surface area contributed by atoms with Crippen LogP contribution in [0.2, 0.25) is 0 Å². The van der Waals surface area contributed by atoms with Gasteiger partial charge >= 0.3 is 0 Å². The fourth-order valence-electron chi connectivity index (χ4n) is 2.59. The Morgan fingerprint density at radius 1 is 0.957 bits per heavy atom. The van der Waals surface area contributed by atoms with Crippen LogP contribution in [-0.4, -0.2) is 21.6 Å². The molecule has 3 N–H and O–H groups in total. The topological polar surface area (TPSA) is 73.1 Å². The summed E-state index contributed by atoms with van der Waals surface area (Å²) in [6.45, 7) is 1.99. The second-order valence-corrected chi connectivity index (χ2v) is 6.19. The van der Waals surface area contributed by atoms with Gasteiger partial charge in [-0.15, -0.1) is 11.3 Å². The number of hydrogen-bond donors (Lipinski definition) is 3. The van der Waals surface area contributed by atoms with Crippen molar-refractivity contribution in [2.45, 2.75) is 6.92 Å². The highest BCUT2D eigenvalue weighted by molar-refractivity contribution is 7.18. The number of oxime groups is 1. The fourth-order valence-corrected chi connectivity index (χ4v) is 3.78. The third kappa shape index (κ3) is 2.91. The molecule has 3 rings (SSSR count). The molecule has 116 valence electrons. The first-order valence-corrected chi connectivity index (χ1v) is 7.81. The molecule has 0 bridgehead atoms. The Balaban J connectivity index is 2.21. The van der Waals surface area contributed by atoms with Gasteiger partial charge in [0.25, 0.3) is 0 Å². The number of aromatic hydroxyl groups is 2. The van der Waals surface area contributed by atoms with Crippen LogP contribution >= 0.6 is 11.3 Å². The summed E-state index contributed by atoms with van der Waals surface area (Å²) in [5.74, 6) is 0.408. The van der Waals surface area contributed by atoms with E-state index in [1.54, 1.807) is 30.3 Å². The molecule has 1 heterocycles. The molecule has 0 fully saturated rings. The fraction of sp³-hybridized carbons (Fsp3) is 0.0556. The monoisotopic (exact) mass is 325 g/mol. The van der Waals surface area contributed by atoms with Crippen LogP contribution in [0.15, 0.2) is 53.7 Å². The molecule has 0 aliphatic rings. The molecule has 0 radical (unpaired) electrons. The van der Waals surface area contributed by atoms with Gasteiger partial charge < -0.3 is 15.4 Å². The zero-order valence-electron chi connectivity index (χ0n) is 12.4. The van der Waals surface area contributed by atoms with Crippen LogP contribution in [0.5, 0.6) is 11.5 Å². The molecule has 23 heavy (non-hydrogen) atoms. The normalized spacial score (nSPS) is 11.2.